The molecule has 0 spiro atoms. The zero-order chi connectivity index (χ0) is 19.5. The van der Waals surface area contributed by atoms with Gasteiger partial charge < -0.3 is 9.47 Å². The van der Waals surface area contributed by atoms with Gasteiger partial charge in [-0.05, 0) is 30.7 Å². The lowest BCUT2D eigenvalue weighted by Gasteiger charge is -2.14. The summed E-state index contributed by atoms with van der Waals surface area (Å²) in [4.78, 5) is 21.9. The highest BCUT2D eigenvalue weighted by molar-refractivity contribution is 7.92. The first-order chi connectivity index (χ1) is 12.2. The van der Waals surface area contributed by atoms with Crippen LogP contribution in [0.2, 0.25) is 0 Å². The number of benzene rings is 2. The first kappa shape index (κ1) is 19.2. The number of nitrogens with one attached hydrogen (secondary N) is 1. The highest BCUT2D eigenvalue weighted by Crippen LogP contribution is 2.28. The van der Waals surface area contributed by atoms with E-state index in [0.29, 0.717) is 11.3 Å². The molecule has 0 heterocycles. The minimum Gasteiger partial charge on any atom is -0.497 e. The molecule has 0 unspecified atom stereocenters. The molecule has 0 fully saturated rings. The van der Waals surface area contributed by atoms with Crippen LogP contribution >= 0.6 is 0 Å². The number of ether oxygens (including phenoxy) is 2. The van der Waals surface area contributed by atoms with Crippen LogP contribution in [0.15, 0.2) is 41.3 Å². The molecule has 0 aliphatic heterocycles. The number of hydrogen-bond donors (Lipinski definition) is 1. The third kappa shape index (κ3) is 3.91. The van der Waals surface area contributed by atoms with E-state index < -0.39 is 20.9 Å². The average molecular weight is 380 g/mol. The summed E-state index contributed by atoms with van der Waals surface area (Å²) in [5.74, 6) is -0.433. The second-order valence-corrected chi connectivity index (χ2v) is 6.87. The van der Waals surface area contributed by atoms with Crippen LogP contribution in [0, 0.1) is 17.0 Å². The van der Waals surface area contributed by atoms with Crippen molar-refractivity contribution in [2.45, 2.75) is 11.8 Å². The quantitative estimate of drug-likeness (QED) is 0.464. The monoisotopic (exact) mass is 380 g/mol. The molecule has 0 aliphatic rings. The highest BCUT2D eigenvalue weighted by Gasteiger charge is 2.23. The number of hydrogen-bond acceptors (Lipinski definition) is 7. The van der Waals surface area contributed by atoms with Gasteiger partial charge in [0.05, 0.1) is 35.3 Å². The molecule has 2 aromatic carbocycles. The number of aryl methyl sites for hydroxylation is 1. The molecule has 0 radical (unpaired) electrons. The second-order valence-electron chi connectivity index (χ2n) is 5.22. The summed E-state index contributed by atoms with van der Waals surface area (Å²) in [6, 6.07) is 7.63. The molecule has 138 valence electrons. The van der Waals surface area contributed by atoms with Gasteiger partial charge in [0.1, 0.15) is 5.75 Å². The summed E-state index contributed by atoms with van der Waals surface area (Å²) < 4.78 is 37.3. The summed E-state index contributed by atoms with van der Waals surface area (Å²) in [6.45, 7) is 1.51. The van der Waals surface area contributed by atoms with E-state index in [-0.39, 0.29) is 21.8 Å². The second kappa shape index (κ2) is 7.40. The molecule has 1 N–H and O–H groups in total. The number of nitrogens with zero attached hydrogens (tertiary/aromatic N) is 1. The van der Waals surface area contributed by atoms with Crippen LogP contribution in [0.5, 0.6) is 5.75 Å². The smallest absolute Gasteiger partial charge is 0.340 e. The minimum atomic E-state index is -4.19. The van der Waals surface area contributed by atoms with E-state index in [1.807, 2.05) is 0 Å². The third-order valence-electron chi connectivity index (χ3n) is 3.55. The molecule has 10 heteroatoms. The van der Waals surface area contributed by atoms with Crippen molar-refractivity contribution < 1.29 is 27.6 Å². The predicted molar refractivity (Wildman–Crippen MR) is 93.0 cm³/mol. The van der Waals surface area contributed by atoms with Crippen molar-refractivity contribution in [3.8, 4) is 5.75 Å². The maximum Gasteiger partial charge on any atom is 0.340 e. The Morgan fingerprint density at radius 2 is 1.85 bits per heavy atom. The Morgan fingerprint density at radius 3 is 2.42 bits per heavy atom. The lowest BCUT2D eigenvalue weighted by molar-refractivity contribution is -0.385. The minimum absolute atomic E-state index is 0.0384. The van der Waals surface area contributed by atoms with E-state index >= 15 is 0 Å². The molecule has 0 atom stereocenters. The normalized spacial score (nSPS) is 10.9. The number of methoxy groups -OCH3 is 2. The SMILES string of the molecule is COC(=O)c1cc(OC)ccc1NS(=O)(=O)c1cc([N+](=O)[O-])ccc1C. The lowest BCUT2D eigenvalue weighted by Crippen LogP contribution is -2.17. The maximum absolute atomic E-state index is 12.7. The molecule has 9 nitrogen and oxygen atoms in total. The standard InChI is InChI=1S/C16H16N2O7S/c1-10-4-5-11(18(20)21)8-15(10)26(22,23)17-14-7-6-12(24-2)9-13(14)16(19)25-3/h4-9,17H,1-3H3. The van der Waals surface area contributed by atoms with Gasteiger partial charge in [-0.15, -0.1) is 0 Å². The number of non-ortho nitro benzene ring substituents is 1. The summed E-state index contributed by atoms with van der Waals surface area (Å²) in [7, 11) is -1.63. The van der Waals surface area contributed by atoms with Gasteiger partial charge in [0.15, 0.2) is 0 Å². The summed E-state index contributed by atoms with van der Waals surface area (Å²) in [5.41, 5.74) is -0.141. The van der Waals surface area contributed by atoms with Crippen molar-refractivity contribution in [2.75, 3.05) is 18.9 Å². The number of sulfonamides is 1. The Bertz CT molecular complexity index is 971. The van der Waals surface area contributed by atoms with Crippen molar-refractivity contribution >= 4 is 27.4 Å². The Balaban J connectivity index is 2.52. The molecule has 0 aliphatic carbocycles. The van der Waals surface area contributed by atoms with E-state index in [1.54, 1.807) is 0 Å². The molecule has 0 amide bonds. The van der Waals surface area contributed by atoms with Gasteiger partial charge in [-0.25, -0.2) is 13.2 Å². The first-order valence-electron chi connectivity index (χ1n) is 7.24. The fourth-order valence-corrected chi connectivity index (χ4v) is 3.56. The number of nitro groups is 1. The fourth-order valence-electron chi connectivity index (χ4n) is 2.21. The number of carbonyl (C=O) groups is 1. The van der Waals surface area contributed by atoms with Crippen LogP contribution in [0.3, 0.4) is 0 Å². The fraction of sp³-hybridized carbons (Fsp3) is 0.188. The van der Waals surface area contributed by atoms with Crippen molar-refractivity contribution in [1.29, 1.82) is 0 Å². The van der Waals surface area contributed by atoms with E-state index in [1.165, 1.54) is 44.4 Å². The molecule has 0 saturated carbocycles. The van der Waals surface area contributed by atoms with Gasteiger partial charge in [0.2, 0.25) is 0 Å². The molecule has 0 aromatic heterocycles. The first-order valence-corrected chi connectivity index (χ1v) is 8.72. The zero-order valence-electron chi connectivity index (χ0n) is 14.2. The average Bonchev–Trinajstić information content (AvgIpc) is 2.61. The van der Waals surface area contributed by atoms with Gasteiger partial charge in [0.25, 0.3) is 15.7 Å². The molecule has 2 aromatic rings. The Hall–Kier alpha value is -3.14. The summed E-state index contributed by atoms with van der Waals surface area (Å²) in [6.07, 6.45) is 0. The van der Waals surface area contributed by atoms with Crippen LogP contribution < -0.4 is 9.46 Å². The predicted octanol–water partition coefficient (Wildman–Crippen LogP) is 2.50. The van der Waals surface area contributed by atoms with Crippen LogP contribution in [-0.4, -0.2) is 33.5 Å². The Labute approximate surface area is 149 Å². The van der Waals surface area contributed by atoms with Gasteiger partial charge in [-0.2, -0.15) is 0 Å². The van der Waals surface area contributed by atoms with Gasteiger partial charge in [-0.3, -0.25) is 14.8 Å². The summed E-state index contributed by atoms with van der Waals surface area (Å²) in [5, 5.41) is 10.9. The molecule has 0 bridgehead atoms. The van der Waals surface area contributed by atoms with E-state index in [9.17, 15) is 23.3 Å². The molecular weight excluding hydrogens is 364 g/mol. The maximum atomic E-state index is 12.7. The summed E-state index contributed by atoms with van der Waals surface area (Å²) >= 11 is 0. The van der Waals surface area contributed by atoms with Crippen molar-refractivity contribution in [2.24, 2.45) is 0 Å². The van der Waals surface area contributed by atoms with E-state index in [0.717, 1.165) is 13.2 Å². The lowest BCUT2D eigenvalue weighted by atomic mass is 10.2. The zero-order valence-corrected chi connectivity index (χ0v) is 15.0. The number of nitro benzene ring substituents is 1. The van der Waals surface area contributed by atoms with Crippen LogP contribution in [0.25, 0.3) is 0 Å². The number of anilines is 1. The Morgan fingerprint density at radius 1 is 1.15 bits per heavy atom. The van der Waals surface area contributed by atoms with Crippen LogP contribution in [-0.2, 0) is 14.8 Å². The molecule has 2 rings (SSSR count). The third-order valence-corrected chi connectivity index (χ3v) is 5.06. The van der Waals surface area contributed by atoms with Crippen molar-refractivity contribution in [3.05, 3.63) is 57.6 Å². The number of carbonyl (C=O) groups excluding carboxylic acids is 1. The van der Waals surface area contributed by atoms with Crippen LogP contribution in [0.1, 0.15) is 15.9 Å². The number of esters is 1. The topological polar surface area (TPSA) is 125 Å². The number of rotatable bonds is 6. The molecular formula is C16H16N2O7S. The van der Waals surface area contributed by atoms with Crippen LogP contribution in [0.4, 0.5) is 11.4 Å². The van der Waals surface area contributed by atoms with Gasteiger partial charge >= 0.3 is 5.97 Å². The van der Waals surface area contributed by atoms with Gasteiger partial charge in [0, 0.05) is 12.1 Å². The Kier molecular flexibility index (Phi) is 5.46. The molecule has 26 heavy (non-hydrogen) atoms. The van der Waals surface area contributed by atoms with Crippen molar-refractivity contribution in [1.82, 2.24) is 0 Å². The van der Waals surface area contributed by atoms with E-state index in [2.05, 4.69) is 9.46 Å². The highest BCUT2D eigenvalue weighted by atomic mass is 32.2. The largest absolute Gasteiger partial charge is 0.497 e. The van der Waals surface area contributed by atoms with Crippen molar-refractivity contribution in [3.63, 3.8) is 0 Å². The molecule has 0 saturated heterocycles. The van der Waals surface area contributed by atoms with Gasteiger partial charge in [-0.1, -0.05) is 6.07 Å². The van der Waals surface area contributed by atoms with E-state index in [4.69, 9.17) is 4.74 Å².